The lowest BCUT2D eigenvalue weighted by molar-refractivity contribution is 0.102. The highest BCUT2D eigenvalue weighted by molar-refractivity contribution is 7.92. The zero-order valence-electron chi connectivity index (χ0n) is 15.6. The Kier molecular flexibility index (Phi) is 5.92. The molecular formula is C19H24N2O4S. The average molecular weight is 376 g/mol. The summed E-state index contributed by atoms with van der Waals surface area (Å²) in [5.74, 6) is 0.473. The van der Waals surface area contributed by atoms with Crippen molar-refractivity contribution in [3.8, 4) is 5.75 Å². The highest BCUT2D eigenvalue weighted by atomic mass is 32.2. The van der Waals surface area contributed by atoms with Crippen LogP contribution in [0.15, 0.2) is 42.5 Å². The van der Waals surface area contributed by atoms with Crippen molar-refractivity contribution in [1.82, 2.24) is 0 Å². The molecule has 0 fully saturated rings. The number of amides is 1. The number of nitrogens with one attached hydrogen (secondary N) is 1. The molecule has 0 radical (unpaired) electrons. The van der Waals surface area contributed by atoms with Crippen molar-refractivity contribution in [3.05, 3.63) is 53.6 Å². The SMILES string of the molecule is Cc1cc(C(=O)Nc2ccc(OC(C)C)cc2)ccc1N(C)S(C)(=O)=O. The van der Waals surface area contributed by atoms with Crippen LogP contribution in [0.3, 0.4) is 0 Å². The van der Waals surface area contributed by atoms with Gasteiger partial charge in [-0.25, -0.2) is 8.42 Å². The van der Waals surface area contributed by atoms with E-state index < -0.39 is 10.0 Å². The maximum Gasteiger partial charge on any atom is 0.255 e. The molecule has 1 amide bonds. The largest absolute Gasteiger partial charge is 0.491 e. The van der Waals surface area contributed by atoms with Gasteiger partial charge in [0.1, 0.15) is 5.75 Å². The summed E-state index contributed by atoms with van der Waals surface area (Å²) in [6, 6.07) is 12.0. The van der Waals surface area contributed by atoms with Gasteiger partial charge in [-0.2, -0.15) is 0 Å². The molecule has 0 atom stereocenters. The van der Waals surface area contributed by atoms with Gasteiger partial charge < -0.3 is 10.1 Å². The number of nitrogens with zero attached hydrogens (tertiary/aromatic N) is 1. The van der Waals surface area contributed by atoms with Crippen LogP contribution in [0.4, 0.5) is 11.4 Å². The first-order chi connectivity index (χ1) is 12.1. The van der Waals surface area contributed by atoms with E-state index >= 15 is 0 Å². The summed E-state index contributed by atoms with van der Waals surface area (Å²) in [6.45, 7) is 5.66. The van der Waals surface area contributed by atoms with Gasteiger partial charge in [0.2, 0.25) is 10.0 Å². The molecule has 1 N–H and O–H groups in total. The molecule has 140 valence electrons. The number of hydrogen-bond acceptors (Lipinski definition) is 4. The highest BCUT2D eigenvalue weighted by Crippen LogP contribution is 2.23. The fourth-order valence-electron chi connectivity index (χ4n) is 2.42. The van der Waals surface area contributed by atoms with Gasteiger partial charge in [0.05, 0.1) is 18.0 Å². The van der Waals surface area contributed by atoms with Gasteiger partial charge in [0, 0.05) is 18.3 Å². The lowest BCUT2D eigenvalue weighted by atomic mass is 10.1. The Morgan fingerprint density at radius 2 is 1.73 bits per heavy atom. The number of hydrogen-bond donors (Lipinski definition) is 1. The Balaban J connectivity index is 2.14. The van der Waals surface area contributed by atoms with E-state index in [0.29, 0.717) is 22.5 Å². The number of rotatable bonds is 6. The van der Waals surface area contributed by atoms with Gasteiger partial charge in [-0.3, -0.25) is 9.10 Å². The van der Waals surface area contributed by atoms with E-state index in [0.717, 1.165) is 12.0 Å². The smallest absolute Gasteiger partial charge is 0.255 e. The van der Waals surface area contributed by atoms with Gasteiger partial charge in [0.15, 0.2) is 0 Å². The van der Waals surface area contributed by atoms with Crippen molar-refractivity contribution in [3.63, 3.8) is 0 Å². The number of benzene rings is 2. The molecule has 0 aromatic heterocycles. The molecule has 0 heterocycles. The average Bonchev–Trinajstić information content (AvgIpc) is 2.54. The third-order valence-electron chi connectivity index (χ3n) is 3.78. The zero-order chi connectivity index (χ0) is 19.5. The second-order valence-electron chi connectivity index (χ2n) is 6.38. The Morgan fingerprint density at radius 1 is 1.12 bits per heavy atom. The molecule has 0 aliphatic heterocycles. The molecule has 0 aliphatic rings. The monoisotopic (exact) mass is 376 g/mol. The van der Waals surface area contributed by atoms with Crippen molar-refractivity contribution in [2.45, 2.75) is 26.9 Å². The van der Waals surface area contributed by atoms with Crippen LogP contribution in [0.5, 0.6) is 5.75 Å². The van der Waals surface area contributed by atoms with Crippen molar-refractivity contribution >= 4 is 27.3 Å². The van der Waals surface area contributed by atoms with Crippen LogP contribution in [-0.2, 0) is 10.0 Å². The van der Waals surface area contributed by atoms with Crippen molar-refractivity contribution in [2.75, 3.05) is 22.9 Å². The minimum Gasteiger partial charge on any atom is -0.491 e. The molecule has 0 unspecified atom stereocenters. The van der Waals surface area contributed by atoms with Crippen molar-refractivity contribution < 1.29 is 17.9 Å². The van der Waals surface area contributed by atoms with Gasteiger partial charge in [-0.15, -0.1) is 0 Å². The Morgan fingerprint density at radius 3 is 2.23 bits per heavy atom. The Hall–Kier alpha value is -2.54. The first-order valence-corrected chi connectivity index (χ1v) is 10.1. The normalized spacial score (nSPS) is 11.3. The predicted octanol–water partition coefficient (Wildman–Crippen LogP) is 3.43. The number of carbonyl (C=O) groups excluding carboxylic acids is 1. The fraction of sp³-hybridized carbons (Fsp3) is 0.316. The number of anilines is 2. The molecule has 2 rings (SSSR count). The second-order valence-corrected chi connectivity index (χ2v) is 8.39. The molecule has 0 saturated heterocycles. The third kappa shape index (κ3) is 4.98. The van der Waals surface area contributed by atoms with E-state index in [-0.39, 0.29) is 12.0 Å². The summed E-state index contributed by atoms with van der Waals surface area (Å²) >= 11 is 0. The lowest BCUT2D eigenvalue weighted by Crippen LogP contribution is -2.25. The van der Waals surface area contributed by atoms with E-state index in [4.69, 9.17) is 4.74 Å². The number of aryl methyl sites for hydroxylation is 1. The van der Waals surface area contributed by atoms with Gasteiger partial charge >= 0.3 is 0 Å². The van der Waals surface area contributed by atoms with Crippen LogP contribution in [0.25, 0.3) is 0 Å². The summed E-state index contributed by atoms with van der Waals surface area (Å²) in [5.41, 5.74) is 2.35. The van der Waals surface area contributed by atoms with E-state index in [1.54, 1.807) is 49.4 Å². The van der Waals surface area contributed by atoms with Crippen LogP contribution in [0, 0.1) is 6.92 Å². The minimum absolute atomic E-state index is 0.0852. The summed E-state index contributed by atoms with van der Waals surface area (Å²) < 4.78 is 30.1. The van der Waals surface area contributed by atoms with E-state index in [1.165, 1.54) is 11.4 Å². The summed E-state index contributed by atoms with van der Waals surface area (Å²) in [6.07, 6.45) is 1.22. The molecule has 0 aliphatic carbocycles. The Labute approximate surface area is 154 Å². The summed E-state index contributed by atoms with van der Waals surface area (Å²) in [5, 5.41) is 2.82. The lowest BCUT2D eigenvalue weighted by Gasteiger charge is -2.19. The fourth-order valence-corrected chi connectivity index (χ4v) is 2.98. The van der Waals surface area contributed by atoms with Crippen LogP contribution in [0.1, 0.15) is 29.8 Å². The molecule has 2 aromatic carbocycles. The number of sulfonamides is 1. The third-order valence-corrected chi connectivity index (χ3v) is 4.97. The Bertz CT molecular complexity index is 890. The number of carbonyl (C=O) groups is 1. The van der Waals surface area contributed by atoms with Gasteiger partial charge in [-0.1, -0.05) is 0 Å². The molecule has 0 bridgehead atoms. The molecule has 6 nitrogen and oxygen atoms in total. The quantitative estimate of drug-likeness (QED) is 0.838. The molecular weight excluding hydrogens is 352 g/mol. The van der Waals surface area contributed by atoms with Crippen molar-refractivity contribution in [1.29, 1.82) is 0 Å². The highest BCUT2D eigenvalue weighted by Gasteiger charge is 2.16. The van der Waals surface area contributed by atoms with E-state index in [1.807, 2.05) is 13.8 Å². The minimum atomic E-state index is -3.35. The van der Waals surface area contributed by atoms with Crippen molar-refractivity contribution in [2.24, 2.45) is 0 Å². The number of ether oxygens (including phenoxy) is 1. The zero-order valence-corrected chi connectivity index (χ0v) is 16.4. The first kappa shape index (κ1) is 19.8. The van der Waals surface area contributed by atoms with Crippen LogP contribution in [-0.4, -0.2) is 33.7 Å². The van der Waals surface area contributed by atoms with E-state index in [2.05, 4.69) is 5.32 Å². The predicted molar refractivity (Wildman–Crippen MR) is 105 cm³/mol. The molecule has 7 heteroatoms. The van der Waals surface area contributed by atoms with Crippen LogP contribution >= 0.6 is 0 Å². The summed E-state index contributed by atoms with van der Waals surface area (Å²) in [7, 11) is -1.87. The molecule has 26 heavy (non-hydrogen) atoms. The van der Waals surface area contributed by atoms with E-state index in [9.17, 15) is 13.2 Å². The van der Waals surface area contributed by atoms with Gasteiger partial charge in [-0.05, 0) is 68.8 Å². The first-order valence-electron chi connectivity index (χ1n) is 8.20. The standard InChI is InChI=1S/C19H24N2O4S/c1-13(2)25-17-9-7-16(8-10-17)20-19(22)15-6-11-18(14(3)12-15)21(4)26(5,23)24/h6-13H,1-5H3,(H,20,22). The van der Waals surface area contributed by atoms with Gasteiger partial charge in [0.25, 0.3) is 5.91 Å². The molecule has 0 spiro atoms. The maximum absolute atomic E-state index is 12.4. The maximum atomic E-state index is 12.4. The molecule has 2 aromatic rings. The molecule has 0 saturated carbocycles. The topological polar surface area (TPSA) is 75.7 Å². The van der Waals surface area contributed by atoms with Crippen LogP contribution < -0.4 is 14.4 Å². The summed E-state index contributed by atoms with van der Waals surface area (Å²) in [4.78, 5) is 12.4. The second kappa shape index (κ2) is 7.78. The van der Waals surface area contributed by atoms with Crippen LogP contribution in [0.2, 0.25) is 0 Å².